The van der Waals surface area contributed by atoms with E-state index in [1.165, 1.54) is 0 Å². The average Bonchev–Trinajstić information content (AvgIpc) is 3.30. The maximum Gasteiger partial charge on any atom is 0.325 e. The summed E-state index contributed by atoms with van der Waals surface area (Å²) in [6, 6.07) is 11.9. The first kappa shape index (κ1) is 19.9. The van der Waals surface area contributed by atoms with E-state index in [2.05, 4.69) is 16.0 Å². The Balaban J connectivity index is 1.48. The summed E-state index contributed by atoms with van der Waals surface area (Å²) in [5.74, 6) is -1.24. The van der Waals surface area contributed by atoms with Gasteiger partial charge < -0.3 is 10.6 Å². The molecular weight excluding hydrogens is 384 g/mol. The first-order valence-corrected chi connectivity index (χ1v) is 10.1. The minimum atomic E-state index is -1.30. The number of rotatable bonds is 4. The number of hydrogen-bond donors (Lipinski definition) is 3. The Labute approximate surface area is 174 Å². The molecule has 8 heteroatoms. The standard InChI is InChI=1S/C22H24N4O4/c1-22(17-12-6-8-14-7-2-5-11-16(14)17)19(28)26(21(30)25-22)13-18(27)24-20(29)23-15-9-3-4-10-15/h2,5-8,11-12,15H,3-4,9-10,13H2,1H3,(H,25,30)(H2,23,24,27,29)/t22-/m1/s1. The zero-order valence-electron chi connectivity index (χ0n) is 16.7. The summed E-state index contributed by atoms with van der Waals surface area (Å²) < 4.78 is 0. The van der Waals surface area contributed by atoms with Gasteiger partial charge in [0.05, 0.1) is 0 Å². The van der Waals surface area contributed by atoms with Crippen molar-refractivity contribution >= 4 is 34.6 Å². The molecule has 1 heterocycles. The molecule has 6 amide bonds. The van der Waals surface area contributed by atoms with Crippen LogP contribution in [0, 0.1) is 0 Å². The van der Waals surface area contributed by atoms with E-state index in [0.717, 1.165) is 41.4 Å². The van der Waals surface area contributed by atoms with Gasteiger partial charge in [0, 0.05) is 6.04 Å². The molecule has 8 nitrogen and oxygen atoms in total. The van der Waals surface area contributed by atoms with Crippen molar-refractivity contribution in [2.75, 3.05) is 6.54 Å². The van der Waals surface area contributed by atoms with Crippen LogP contribution < -0.4 is 16.0 Å². The Bertz CT molecular complexity index is 1030. The number of nitrogens with zero attached hydrogens (tertiary/aromatic N) is 1. The van der Waals surface area contributed by atoms with Gasteiger partial charge in [-0.05, 0) is 36.1 Å². The third-order valence-electron chi connectivity index (χ3n) is 5.85. The van der Waals surface area contributed by atoms with E-state index in [9.17, 15) is 19.2 Å². The molecule has 0 unspecified atom stereocenters. The smallest absolute Gasteiger partial charge is 0.325 e. The first-order valence-electron chi connectivity index (χ1n) is 10.1. The van der Waals surface area contributed by atoms with Gasteiger partial charge in [0.25, 0.3) is 5.91 Å². The summed E-state index contributed by atoms with van der Waals surface area (Å²) in [5, 5.41) is 9.45. The molecule has 3 N–H and O–H groups in total. The van der Waals surface area contributed by atoms with Crippen LogP contribution in [0.2, 0.25) is 0 Å². The fourth-order valence-electron chi connectivity index (χ4n) is 4.29. The first-order chi connectivity index (χ1) is 14.4. The highest BCUT2D eigenvalue weighted by Gasteiger charge is 2.50. The zero-order chi connectivity index (χ0) is 21.3. The van der Waals surface area contributed by atoms with Gasteiger partial charge in [-0.1, -0.05) is 55.3 Å². The lowest BCUT2D eigenvalue weighted by Gasteiger charge is -2.24. The Morgan fingerprint density at radius 3 is 2.57 bits per heavy atom. The van der Waals surface area contributed by atoms with Gasteiger partial charge in [-0.2, -0.15) is 0 Å². The molecule has 1 saturated carbocycles. The summed E-state index contributed by atoms with van der Waals surface area (Å²) in [7, 11) is 0. The van der Waals surface area contributed by atoms with Crippen molar-refractivity contribution in [1.82, 2.24) is 20.9 Å². The largest absolute Gasteiger partial charge is 0.335 e. The normalized spacial score (nSPS) is 21.7. The molecule has 30 heavy (non-hydrogen) atoms. The van der Waals surface area contributed by atoms with Crippen LogP contribution in [0.4, 0.5) is 9.59 Å². The van der Waals surface area contributed by atoms with Gasteiger partial charge in [-0.15, -0.1) is 0 Å². The van der Waals surface area contributed by atoms with Crippen molar-refractivity contribution in [1.29, 1.82) is 0 Å². The molecule has 1 aliphatic heterocycles. The lowest BCUT2D eigenvalue weighted by molar-refractivity contribution is -0.134. The van der Waals surface area contributed by atoms with Crippen LogP contribution in [0.1, 0.15) is 38.2 Å². The fourth-order valence-corrected chi connectivity index (χ4v) is 4.29. The Hall–Kier alpha value is -3.42. The monoisotopic (exact) mass is 408 g/mol. The zero-order valence-corrected chi connectivity index (χ0v) is 16.7. The third-order valence-corrected chi connectivity index (χ3v) is 5.85. The third kappa shape index (κ3) is 3.60. The van der Waals surface area contributed by atoms with Crippen molar-refractivity contribution < 1.29 is 19.2 Å². The number of fused-ring (bicyclic) bond motifs is 1. The molecule has 2 aromatic carbocycles. The lowest BCUT2D eigenvalue weighted by atomic mass is 9.88. The Morgan fingerprint density at radius 1 is 1.10 bits per heavy atom. The molecule has 1 atom stereocenters. The minimum Gasteiger partial charge on any atom is -0.335 e. The second kappa shape index (κ2) is 7.78. The molecular formula is C22H24N4O4. The quantitative estimate of drug-likeness (QED) is 0.675. The number of carbonyl (C=O) groups excluding carboxylic acids is 4. The van der Waals surface area contributed by atoms with Crippen LogP contribution >= 0.6 is 0 Å². The molecule has 1 aliphatic carbocycles. The van der Waals surface area contributed by atoms with Crippen LogP contribution in [0.3, 0.4) is 0 Å². The summed E-state index contributed by atoms with van der Waals surface area (Å²) >= 11 is 0. The molecule has 0 spiro atoms. The molecule has 2 aromatic rings. The second-order valence-electron chi connectivity index (χ2n) is 7.98. The summed E-state index contributed by atoms with van der Waals surface area (Å²) in [6.07, 6.45) is 3.87. The summed E-state index contributed by atoms with van der Waals surface area (Å²) in [6.45, 7) is 1.10. The van der Waals surface area contributed by atoms with Gasteiger partial charge in [0.15, 0.2) is 0 Å². The second-order valence-corrected chi connectivity index (χ2v) is 7.98. The molecule has 1 saturated heterocycles. The Morgan fingerprint density at radius 2 is 1.80 bits per heavy atom. The van der Waals surface area contributed by atoms with Gasteiger partial charge in [0.2, 0.25) is 5.91 Å². The molecule has 2 aliphatic rings. The SMILES string of the molecule is C[C@]1(c2cccc3ccccc23)NC(=O)N(CC(=O)NC(=O)NC2CCCC2)C1=O. The van der Waals surface area contributed by atoms with Crippen LogP contribution in [0.15, 0.2) is 42.5 Å². The van der Waals surface area contributed by atoms with E-state index in [4.69, 9.17) is 0 Å². The van der Waals surface area contributed by atoms with E-state index < -0.39 is 36.0 Å². The van der Waals surface area contributed by atoms with Crippen LogP contribution in [0.25, 0.3) is 10.8 Å². The van der Waals surface area contributed by atoms with E-state index in [-0.39, 0.29) is 6.04 Å². The highest BCUT2D eigenvalue weighted by Crippen LogP contribution is 2.33. The van der Waals surface area contributed by atoms with Crippen molar-refractivity contribution in [3.8, 4) is 0 Å². The molecule has 2 fully saturated rings. The molecule has 4 rings (SSSR count). The van der Waals surface area contributed by atoms with Crippen LogP contribution in [0.5, 0.6) is 0 Å². The topological polar surface area (TPSA) is 108 Å². The van der Waals surface area contributed by atoms with Crippen LogP contribution in [-0.4, -0.2) is 41.4 Å². The van der Waals surface area contributed by atoms with Crippen molar-refractivity contribution in [2.24, 2.45) is 0 Å². The maximum absolute atomic E-state index is 13.1. The van der Waals surface area contributed by atoms with Crippen molar-refractivity contribution in [3.05, 3.63) is 48.0 Å². The summed E-state index contributed by atoms with van der Waals surface area (Å²) in [5.41, 5.74) is -0.648. The van der Waals surface area contributed by atoms with Gasteiger partial charge in [0.1, 0.15) is 12.1 Å². The molecule has 0 bridgehead atoms. The van der Waals surface area contributed by atoms with Gasteiger partial charge in [-0.3, -0.25) is 19.8 Å². The molecule has 0 radical (unpaired) electrons. The molecule has 0 aromatic heterocycles. The average molecular weight is 408 g/mol. The highest BCUT2D eigenvalue weighted by molar-refractivity contribution is 6.11. The van der Waals surface area contributed by atoms with Crippen LogP contribution in [-0.2, 0) is 15.1 Å². The number of amides is 6. The Kier molecular flexibility index (Phi) is 5.15. The maximum atomic E-state index is 13.1. The number of nitrogens with one attached hydrogen (secondary N) is 3. The number of imide groups is 2. The number of benzene rings is 2. The van der Waals surface area contributed by atoms with E-state index >= 15 is 0 Å². The van der Waals surface area contributed by atoms with Gasteiger partial charge in [-0.25, -0.2) is 9.59 Å². The van der Waals surface area contributed by atoms with Gasteiger partial charge >= 0.3 is 12.1 Å². The minimum absolute atomic E-state index is 0.0594. The van der Waals surface area contributed by atoms with E-state index in [0.29, 0.717) is 5.56 Å². The van der Waals surface area contributed by atoms with E-state index in [1.54, 1.807) is 13.0 Å². The predicted molar refractivity (Wildman–Crippen MR) is 110 cm³/mol. The number of hydrogen-bond acceptors (Lipinski definition) is 4. The molecule has 156 valence electrons. The number of carbonyl (C=O) groups is 4. The van der Waals surface area contributed by atoms with E-state index in [1.807, 2.05) is 36.4 Å². The predicted octanol–water partition coefficient (Wildman–Crippen LogP) is 2.38. The summed E-state index contributed by atoms with van der Waals surface area (Å²) in [4.78, 5) is 50.8. The number of urea groups is 2. The lowest BCUT2D eigenvalue weighted by Crippen LogP contribution is -2.48. The van der Waals surface area contributed by atoms with Crippen molar-refractivity contribution in [3.63, 3.8) is 0 Å². The highest BCUT2D eigenvalue weighted by atomic mass is 16.2. The fraction of sp³-hybridized carbons (Fsp3) is 0.364. The van der Waals surface area contributed by atoms with Crippen molar-refractivity contribution in [2.45, 2.75) is 44.2 Å².